The molecule has 0 aliphatic heterocycles. The van der Waals surface area contributed by atoms with Crippen molar-refractivity contribution < 1.29 is 17.5 Å². The van der Waals surface area contributed by atoms with Crippen molar-refractivity contribution in [2.75, 3.05) is 18.9 Å². The molecule has 0 spiro atoms. The molecule has 1 aromatic carbocycles. The monoisotopic (exact) mass is 295 g/mol. The van der Waals surface area contributed by atoms with E-state index in [1.807, 2.05) is 0 Å². The number of hydrogen-bond donors (Lipinski definition) is 0. The molecule has 0 atom stereocenters. The number of benzene rings is 1. The van der Waals surface area contributed by atoms with E-state index in [1.54, 1.807) is 13.0 Å². The number of nitrogens with zero attached hydrogens (tertiary/aromatic N) is 1. The van der Waals surface area contributed by atoms with Gasteiger partial charge in [-0.15, -0.1) is 11.6 Å². The second-order valence-electron chi connectivity index (χ2n) is 3.62. The molecular formula is C11H15ClFNO3S. The van der Waals surface area contributed by atoms with Gasteiger partial charge in [-0.25, -0.2) is 12.8 Å². The summed E-state index contributed by atoms with van der Waals surface area (Å²) in [6, 6.07) is 4.34. The van der Waals surface area contributed by atoms with Crippen molar-refractivity contribution in [1.29, 1.82) is 0 Å². The minimum atomic E-state index is -3.49. The third-order valence-electron chi connectivity index (χ3n) is 2.46. The van der Waals surface area contributed by atoms with Gasteiger partial charge < -0.3 is 4.74 Å². The Morgan fingerprint density at radius 3 is 2.56 bits per heavy atom. The molecule has 0 aliphatic rings. The number of methoxy groups -OCH3 is 1. The van der Waals surface area contributed by atoms with E-state index in [9.17, 15) is 12.8 Å². The van der Waals surface area contributed by atoms with Gasteiger partial charge in [-0.1, -0.05) is 13.0 Å². The summed E-state index contributed by atoms with van der Waals surface area (Å²) >= 11 is 5.39. The molecule has 1 aromatic rings. The lowest BCUT2D eigenvalue weighted by atomic mass is 10.2. The molecular weight excluding hydrogens is 281 g/mol. The molecule has 0 fully saturated rings. The lowest BCUT2D eigenvalue weighted by molar-refractivity contribution is 0.384. The predicted octanol–water partition coefficient (Wildman–Crippen LogP) is 2.18. The normalized spacial score (nSPS) is 11.8. The van der Waals surface area contributed by atoms with Crippen LogP contribution in [0, 0.1) is 5.82 Å². The summed E-state index contributed by atoms with van der Waals surface area (Å²) < 4.78 is 42.7. The molecule has 4 nitrogen and oxygen atoms in total. The topological polar surface area (TPSA) is 46.6 Å². The van der Waals surface area contributed by atoms with Crippen molar-refractivity contribution in [3.8, 4) is 5.75 Å². The average Bonchev–Trinajstić information content (AvgIpc) is 2.35. The van der Waals surface area contributed by atoms with E-state index in [1.165, 1.54) is 23.5 Å². The van der Waals surface area contributed by atoms with Gasteiger partial charge in [0.1, 0.15) is 5.21 Å². The lowest BCUT2D eigenvalue weighted by Gasteiger charge is -2.19. The van der Waals surface area contributed by atoms with E-state index in [0.29, 0.717) is 5.56 Å². The summed E-state index contributed by atoms with van der Waals surface area (Å²) in [5.41, 5.74) is 0.545. The molecule has 0 amide bonds. The Morgan fingerprint density at radius 1 is 1.44 bits per heavy atom. The first-order chi connectivity index (χ1) is 8.44. The highest BCUT2D eigenvalue weighted by molar-refractivity contribution is 7.90. The van der Waals surface area contributed by atoms with Crippen LogP contribution in [0.25, 0.3) is 0 Å². The van der Waals surface area contributed by atoms with Crippen LogP contribution < -0.4 is 4.74 Å². The molecule has 0 heterocycles. The number of rotatable bonds is 6. The van der Waals surface area contributed by atoms with Crippen LogP contribution in [0.15, 0.2) is 18.2 Å². The summed E-state index contributed by atoms with van der Waals surface area (Å²) in [5, 5.41) is -0.487. The van der Waals surface area contributed by atoms with Crippen molar-refractivity contribution in [3.05, 3.63) is 29.6 Å². The molecule has 0 aliphatic carbocycles. The molecule has 18 heavy (non-hydrogen) atoms. The van der Waals surface area contributed by atoms with E-state index >= 15 is 0 Å². The van der Waals surface area contributed by atoms with Crippen molar-refractivity contribution >= 4 is 21.6 Å². The van der Waals surface area contributed by atoms with E-state index in [-0.39, 0.29) is 18.8 Å². The second kappa shape index (κ2) is 6.36. The zero-order valence-corrected chi connectivity index (χ0v) is 11.8. The minimum Gasteiger partial charge on any atom is -0.494 e. The van der Waals surface area contributed by atoms with Gasteiger partial charge in [0.25, 0.3) is 0 Å². The summed E-state index contributed by atoms with van der Waals surface area (Å²) in [6.07, 6.45) is 0. The molecule has 0 saturated carbocycles. The lowest BCUT2D eigenvalue weighted by Crippen LogP contribution is -2.31. The summed E-state index contributed by atoms with van der Waals surface area (Å²) in [4.78, 5) is 0. The Balaban J connectivity index is 2.93. The maximum atomic E-state index is 13.5. The molecule has 7 heteroatoms. The molecule has 0 aromatic heterocycles. The van der Waals surface area contributed by atoms with Gasteiger partial charge in [-0.2, -0.15) is 4.31 Å². The van der Waals surface area contributed by atoms with Gasteiger partial charge in [0, 0.05) is 13.1 Å². The first-order valence-corrected chi connectivity index (χ1v) is 7.45. The first-order valence-electron chi connectivity index (χ1n) is 5.30. The smallest absolute Gasteiger partial charge is 0.228 e. The predicted molar refractivity (Wildman–Crippen MR) is 68.7 cm³/mol. The number of sulfonamides is 1. The third kappa shape index (κ3) is 3.57. The fourth-order valence-electron chi connectivity index (χ4n) is 1.49. The van der Waals surface area contributed by atoms with E-state index < -0.39 is 21.1 Å². The summed E-state index contributed by atoms with van der Waals surface area (Å²) in [6.45, 7) is 2.07. The van der Waals surface area contributed by atoms with E-state index in [4.69, 9.17) is 16.3 Å². The van der Waals surface area contributed by atoms with Crippen LogP contribution in [0.5, 0.6) is 5.75 Å². The van der Waals surface area contributed by atoms with Gasteiger partial charge in [-0.05, 0) is 17.7 Å². The quantitative estimate of drug-likeness (QED) is 0.756. The van der Waals surface area contributed by atoms with Crippen molar-refractivity contribution in [2.24, 2.45) is 0 Å². The standard InChI is InChI=1S/C11H15ClFNO3S/c1-3-14(18(15,16)8-12)7-9-4-5-11(17-2)10(13)6-9/h4-6H,3,7-8H2,1-2H3. The average molecular weight is 296 g/mol. The minimum absolute atomic E-state index is 0.0897. The van der Waals surface area contributed by atoms with Crippen LogP contribution in [-0.4, -0.2) is 31.6 Å². The molecule has 0 unspecified atom stereocenters. The van der Waals surface area contributed by atoms with Gasteiger partial charge in [0.2, 0.25) is 10.0 Å². The Morgan fingerprint density at radius 2 is 2.11 bits per heavy atom. The van der Waals surface area contributed by atoms with Crippen molar-refractivity contribution in [1.82, 2.24) is 4.31 Å². The zero-order valence-electron chi connectivity index (χ0n) is 10.2. The second-order valence-corrected chi connectivity index (χ2v) is 6.17. The molecule has 0 bridgehead atoms. The van der Waals surface area contributed by atoms with Crippen LogP contribution in [0.1, 0.15) is 12.5 Å². The van der Waals surface area contributed by atoms with Crippen LogP contribution in [-0.2, 0) is 16.6 Å². The molecule has 0 N–H and O–H groups in total. The van der Waals surface area contributed by atoms with Crippen LogP contribution in [0.4, 0.5) is 4.39 Å². The van der Waals surface area contributed by atoms with Gasteiger partial charge in [-0.3, -0.25) is 0 Å². The first kappa shape index (κ1) is 15.2. The van der Waals surface area contributed by atoms with Crippen LogP contribution >= 0.6 is 11.6 Å². The number of ether oxygens (including phenoxy) is 1. The maximum absolute atomic E-state index is 13.5. The highest BCUT2D eigenvalue weighted by atomic mass is 35.5. The highest BCUT2D eigenvalue weighted by Gasteiger charge is 2.19. The van der Waals surface area contributed by atoms with E-state index in [0.717, 1.165) is 0 Å². The Labute approximate surface area is 111 Å². The molecule has 0 saturated heterocycles. The zero-order chi connectivity index (χ0) is 13.8. The molecule has 1 rings (SSSR count). The molecule has 0 radical (unpaired) electrons. The number of halogens is 2. The fourth-order valence-corrected chi connectivity index (χ4v) is 2.78. The van der Waals surface area contributed by atoms with Gasteiger partial charge >= 0.3 is 0 Å². The van der Waals surface area contributed by atoms with Crippen molar-refractivity contribution in [2.45, 2.75) is 13.5 Å². The Kier molecular flexibility index (Phi) is 5.37. The number of alkyl halides is 1. The van der Waals surface area contributed by atoms with Gasteiger partial charge in [0.15, 0.2) is 11.6 Å². The largest absolute Gasteiger partial charge is 0.494 e. The fraction of sp³-hybridized carbons (Fsp3) is 0.455. The van der Waals surface area contributed by atoms with Crippen LogP contribution in [0.3, 0.4) is 0 Å². The Bertz CT molecular complexity index is 507. The summed E-state index contributed by atoms with van der Waals surface area (Å²) in [7, 11) is -2.12. The van der Waals surface area contributed by atoms with E-state index in [2.05, 4.69) is 0 Å². The number of hydrogen-bond acceptors (Lipinski definition) is 3. The summed E-state index contributed by atoms with van der Waals surface area (Å²) in [5.74, 6) is -0.392. The van der Waals surface area contributed by atoms with Crippen LogP contribution in [0.2, 0.25) is 0 Å². The Hall–Kier alpha value is -0.850. The SMILES string of the molecule is CCN(Cc1ccc(OC)c(F)c1)S(=O)(=O)CCl. The van der Waals surface area contributed by atoms with Crippen molar-refractivity contribution in [3.63, 3.8) is 0 Å². The maximum Gasteiger partial charge on any atom is 0.228 e. The highest BCUT2D eigenvalue weighted by Crippen LogP contribution is 2.19. The van der Waals surface area contributed by atoms with Gasteiger partial charge in [0.05, 0.1) is 7.11 Å². The third-order valence-corrected chi connectivity index (χ3v) is 4.74. The molecule has 102 valence electrons.